The molecule has 0 aliphatic heterocycles. The van der Waals surface area contributed by atoms with Crippen molar-refractivity contribution in [1.82, 2.24) is 9.97 Å². The van der Waals surface area contributed by atoms with Gasteiger partial charge in [0, 0.05) is 10.6 Å². The second kappa shape index (κ2) is 9.41. The molecule has 2 aromatic rings. The van der Waals surface area contributed by atoms with Gasteiger partial charge in [0.2, 0.25) is 0 Å². The Bertz CT molecular complexity index is 819. The van der Waals surface area contributed by atoms with Gasteiger partial charge in [0.15, 0.2) is 5.16 Å². The minimum Gasteiger partial charge on any atom is -0.464 e. The van der Waals surface area contributed by atoms with Crippen molar-refractivity contribution < 1.29 is 9.53 Å². The lowest BCUT2D eigenvalue weighted by Gasteiger charge is -2.13. The number of carbonyl (C=O) groups is 1. The van der Waals surface area contributed by atoms with Gasteiger partial charge in [0.05, 0.1) is 18.2 Å². The van der Waals surface area contributed by atoms with Crippen LogP contribution in [0.25, 0.3) is 11.3 Å². The third-order valence-corrected chi connectivity index (χ3v) is 4.21. The fourth-order valence-electron chi connectivity index (χ4n) is 2.07. The molecule has 0 spiro atoms. The summed E-state index contributed by atoms with van der Waals surface area (Å²) in [4.78, 5) is 20.3. The number of nitrogens with one attached hydrogen (secondary N) is 1. The summed E-state index contributed by atoms with van der Waals surface area (Å²) >= 11 is 7.32. The zero-order chi connectivity index (χ0) is 19.1. The quantitative estimate of drug-likeness (QED) is 0.331. The highest BCUT2D eigenvalue weighted by Gasteiger charge is 2.16. The molecule has 1 aromatic carbocycles. The number of esters is 1. The van der Waals surface area contributed by atoms with Crippen molar-refractivity contribution in [3.63, 3.8) is 0 Å². The number of benzene rings is 1. The largest absolute Gasteiger partial charge is 0.464 e. The SMILES string of the molecule is CSc1nc(NCCOC(=O)C(C)C)c(C#N)c(-c2ccc(Cl)cc2)n1. The van der Waals surface area contributed by atoms with Crippen LogP contribution in [0.3, 0.4) is 0 Å². The van der Waals surface area contributed by atoms with Gasteiger partial charge in [-0.1, -0.05) is 49.3 Å². The number of nitriles is 1. The third-order valence-electron chi connectivity index (χ3n) is 3.41. The summed E-state index contributed by atoms with van der Waals surface area (Å²) in [5.74, 6) is -0.0256. The molecule has 0 bridgehead atoms. The average Bonchev–Trinajstić information content (AvgIpc) is 2.64. The summed E-state index contributed by atoms with van der Waals surface area (Å²) in [6, 6.07) is 9.27. The second-order valence-corrected chi connectivity index (χ2v) is 6.86. The molecule has 0 fully saturated rings. The van der Waals surface area contributed by atoms with E-state index in [1.165, 1.54) is 11.8 Å². The van der Waals surface area contributed by atoms with E-state index in [9.17, 15) is 10.1 Å². The van der Waals surface area contributed by atoms with Crippen LogP contribution in [0, 0.1) is 17.2 Å². The van der Waals surface area contributed by atoms with Gasteiger partial charge < -0.3 is 10.1 Å². The number of rotatable bonds is 7. The lowest BCUT2D eigenvalue weighted by Crippen LogP contribution is -2.18. The zero-order valence-electron chi connectivity index (χ0n) is 14.7. The van der Waals surface area contributed by atoms with Gasteiger partial charge in [-0.3, -0.25) is 4.79 Å². The van der Waals surface area contributed by atoms with Crippen molar-refractivity contribution in [1.29, 1.82) is 5.26 Å². The smallest absolute Gasteiger partial charge is 0.308 e. The molecule has 0 saturated heterocycles. The number of halogens is 1. The van der Waals surface area contributed by atoms with Crippen LogP contribution in [0.2, 0.25) is 5.02 Å². The number of aromatic nitrogens is 2. The monoisotopic (exact) mass is 390 g/mol. The van der Waals surface area contributed by atoms with E-state index in [0.29, 0.717) is 33.8 Å². The topological polar surface area (TPSA) is 87.9 Å². The van der Waals surface area contributed by atoms with Crippen molar-refractivity contribution in [3.05, 3.63) is 34.9 Å². The Balaban J connectivity index is 2.25. The van der Waals surface area contributed by atoms with Crippen LogP contribution >= 0.6 is 23.4 Å². The number of nitrogens with zero attached hydrogens (tertiary/aromatic N) is 3. The summed E-state index contributed by atoms with van der Waals surface area (Å²) in [6.07, 6.45) is 1.86. The van der Waals surface area contributed by atoms with E-state index in [0.717, 1.165) is 5.56 Å². The van der Waals surface area contributed by atoms with E-state index >= 15 is 0 Å². The number of anilines is 1. The Labute approximate surface area is 161 Å². The van der Waals surface area contributed by atoms with E-state index < -0.39 is 0 Å². The van der Waals surface area contributed by atoms with Crippen molar-refractivity contribution >= 4 is 35.1 Å². The summed E-state index contributed by atoms with van der Waals surface area (Å²) in [5.41, 5.74) is 1.64. The Hall–Kier alpha value is -2.30. The number of hydrogen-bond donors (Lipinski definition) is 1. The lowest BCUT2D eigenvalue weighted by atomic mass is 10.1. The molecule has 1 N–H and O–H groups in total. The summed E-state index contributed by atoms with van der Waals surface area (Å²) in [6.45, 7) is 4.09. The average molecular weight is 391 g/mol. The maximum absolute atomic E-state index is 11.5. The molecule has 0 unspecified atom stereocenters. The maximum Gasteiger partial charge on any atom is 0.308 e. The summed E-state index contributed by atoms with van der Waals surface area (Å²) in [5, 5.41) is 13.8. The van der Waals surface area contributed by atoms with Gasteiger partial charge in [0.1, 0.15) is 24.1 Å². The van der Waals surface area contributed by atoms with Crippen LogP contribution in [-0.2, 0) is 9.53 Å². The van der Waals surface area contributed by atoms with Gasteiger partial charge in [0.25, 0.3) is 0 Å². The van der Waals surface area contributed by atoms with Crippen LogP contribution in [0.1, 0.15) is 19.4 Å². The number of hydrogen-bond acceptors (Lipinski definition) is 7. The van der Waals surface area contributed by atoms with Gasteiger partial charge in [-0.2, -0.15) is 5.26 Å². The minimum absolute atomic E-state index is 0.177. The molecular formula is C18H19ClN4O2S. The Morgan fingerprint density at radius 2 is 2.04 bits per heavy atom. The Morgan fingerprint density at radius 1 is 1.35 bits per heavy atom. The molecule has 0 amide bonds. The molecule has 1 heterocycles. The van der Waals surface area contributed by atoms with E-state index in [-0.39, 0.29) is 18.5 Å². The molecule has 0 atom stereocenters. The van der Waals surface area contributed by atoms with E-state index in [1.807, 2.05) is 18.4 Å². The van der Waals surface area contributed by atoms with Crippen LogP contribution in [0.4, 0.5) is 5.82 Å². The number of ether oxygens (including phenoxy) is 1. The first-order chi connectivity index (χ1) is 12.5. The molecule has 0 aliphatic carbocycles. The third kappa shape index (κ3) is 5.10. The van der Waals surface area contributed by atoms with E-state index in [4.69, 9.17) is 16.3 Å². The van der Waals surface area contributed by atoms with Crippen LogP contribution in [0.5, 0.6) is 0 Å². The van der Waals surface area contributed by atoms with Crippen LogP contribution in [0.15, 0.2) is 29.4 Å². The zero-order valence-corrected chi connectivity index (χ0v) is 16.3. The molecule has 1 aromatic heterocycles. The summed E-state index contributed by atoms with van der Waals surface area (Å²) < 4.78 is 5.14. The molecule has 0 saturated carbocycles. The fraction of sp³-hybridized carbons (Fsp3) is 0.333. The first kappa shape index (κ1) is 20.0. The molecule has 26 heavy (non-hydrogen) atoms. The molecule has 0 aliphatic rings. The van der Waals surface area contributed by atoms with Gasteiger partial charge in [-0.25, -0.2) is 9.97 Å². The minimum atomic E-state index is -0.262. The molecule has 0 radical (unpaired) electrons. The lowest BCUT2D eigenvalue weighted by molar-refractivity contribution is -0.146. The van der Waals surface area contributed by atoms with Gasteiger partial charge >= 0.3 is 5.97 Å². The molecule has 8 heteroatoms. The highest BCUT2D eigenvalue weighted by Crippen LogP contribution is 2.29. The van der Waals surface area contributed by atoms with E-state index in [1.54, 1.807) is 26.0 Å². The van der Waals surface area contributed by atoms with E-state index in [2.05, 4.69) is 21.4 Å². The Kier molecular flexibility index (Phi) is 7.25. The standard InChI is InChI=1S/C18H19ClN4O2S/c1-11(2)17(24)25-9-8-21-16-14(10-20)15(22-18(23-16)26-3)12-4-6-13(19)7-5-12/h4-7,11H,8-9H2,1-3H3,(H,21,22,23). The van der Waals surface area contributed by atoms with Crippen molar-refractivity contribution in [2.75, 3.05) is 24.7 Å². The van der Waals surface area contributed by atoms with Crippen molar-refractivity contribution in [3.8, 4) is 17.3 Å². The highest BCUT2D eigenvalue weighted by molar-refractivity contribution is 7.98. The molecule has 6 nitrogen and oxygen atoms in total. The molecule has 136 valence electrons. The van der Waals surface area contributed by atoms with Crippen molar-refractivity contribution in [2.24, 2.45) is 5.92 Å². The predicted octanol–water partition coefficient (Wildman–Crippen LogP) is 4.00. The molecule has 2 rings (SSSR count). The van der Waals surface area contributed by atoms with Crippen molar-refractivity contribution in [2.45, 2.75) is 19.0 Å². The molecular weight excluding hydrogens is 372 g/mol. The number of carbonyl (C=O) groups excluding carboxylic acids is 1. The van der Waals surface area contributed by atoms with Gasteiger partial charge in [-0.05, 0) is 18.4 Å². The highest BCUT2D eigenvalue weighted by atomic mass is 35.5. The first-order valence-electron chi connectivity index (χ1n) is 7.98. The fourth-order valence-corrected chi connectivity index (χ4v) is 2.56. The summed E-state index contributed by atoms with van der Waals surface area (Å²) in [7, 11) is 0. The normalized spacial score (nSPS) is 10.5. The number of thioether (sulfide) groups is 1. The van der Waals surface area contributed by atoms with Gasteiger partial charge in [-0.15, -0.1) is 0 Å². The Morgan fingerprint density at radius 3 is 2.62 bits per heavy atom. The van der Waals surface area contributed by atoms with Crippen LogP contribution < -0.4 is 5.32 Å². The first-order valence-corrected chi connectivity index (χ1v) is 9.59. The maximum atomic E-state index is 11.5. The predicted molar refractivity (Wildman–Crippen MR) is 103 cm³/mol. The second-order valence-electron chi connectivity index (χ2n) is 5.65. The van der Waals surface area contributed by atoms with Crippen LogP contribution in [-0.4, -0.2) is 35.3 Å².